The molecule has 1 heterocycles. The van der Waals surface area contributed by atoms with Crippen LogP contribution in [0, 0.1) is 11.8 Å². The van der Waals surface area contributed by atoms with Crippen LogP contribution in [-0.4, -0.2) is 21.2 Å². The van der Waals surface area contributed by atoms with E-state index in [4.69, 9.17) is 0 Å². The summed E-state index contributed by atoms with van der Waals surface area (Å²) in [6, 6.07) is 0.259. The van der Waals surface area contributed by atoms with E-state index in [1.807, 2.05) is 0 Å². The second-order valence-corrected chi connectivity index (χ2v) is 4.52. The van der Waals surface area contributed by atoms with Crippen LogP contribution in [0.5, 0.6) is 0 Å². The molecular weight excluding hydrogens is 208 g/mol. The van der Waals surface area contributed by atoms with Gasteiger partial charge in [0.25, 0.3) is 5.56 Å². The van der Waals surface area contributed by atoms with Crippen LogP contribution in [-0.2, 0) is 0 Å². The highest BCUT2D eigenvalue weighted by Gasteiger charge is 2.30. The molecule has 1 aromatic rings. The molecule has 16 heavy (non-hydrogen) atoms. The molecule has 0 spiro atoms. The Balaban J connectivity index is 2.16. The zero-order valence-electron chi connectivity index (χ0n) is 9.41. The Morgan fingerprint density at radius 2 is 2.06 bits per heavy atom. The van der Waals surface area contributed by atoms with Gasteiger partial charge in [0.2, 0.25) is 5.82 Å². The van der Waals surface area contributed by atoms with Gasteiger partial charge in [-0.3, -0.25) is 9.78 Å². The van der Waals surface area contributed by atoms with Gasteiger partial charge in [0.15, 0.2) is 0 Å². The highest BCUT2D eigenvalue weighted by Crippen LogP contribution is 2.32. The number of H-pyrrole nitrogens is 2. The van der Waals surface area contributed by atoms with E-state index in [0.717, 1.165) is 12.8 Å². The van der Waals surface area contributed by atoms with E-state index in [1.165, 1.54) is 0 Å². The highest BCUT2D eigenvalue weighted by molar-refractivity contribution is 5.31. The molecule has 88 valence electrons. The van der Waals surface area contributed by atoms with E-state index in [2.05, 4.69) is 34.3 Å². The summed E-state index contributed by atoms with van der Waals surface area (Å²) in [4.78, 5) is 24.4. The van der Waals surface area contributed by atoms with Crippen LogP contribution in [0.2, 0.25) is 0 Å². The molecule has 0 radical (unpaired) electrons. The summed E-state index contributed by atoms with van der Waals surface area (Å²) < 4.78 is 0. The molecule has 6 heteroatoms. The number of aromatic amines is 2. The average molecular weight is 224 g/mol. The summed E-state index contributed by atoms with van der Waals surface area (Å²) in [5, 5.41) is 9.02. The predicted molar refractivity (Wildman–Crippen MR) is 60.5 cm³/mol. The summed E-state index contributed by atoms with van der Waals surface area (Å²) in [6.45, 7) is 4.37. The lowest BCUT2D eigenvalue weighted by Crippen LogP contribution is -2.32. The van der Waals surface area contributed by atoms with Crippen molar-refractivity contribution >= 4 is 5.82 Å². The third-order valence-electron chi connectivity index (χ3n) is 3.50. The van der Waals surface area contributed by atoms with Crippen LogP contribution in [0.15, 0.2) is 9.59 Å². The maximum absolute atomic E-state index is 11.4. The van der Waals surface area contributed by atoms with Crippen molar-refractivity contribution in [3.63, 3.8) is 0 Å². The second kappa shape index (κ2) is 4.11. The van der Waals surface area contributed by atoms with E-state index in [0.29, 0.717) is 11.8 Å². The van der Waals surface area contributed by atoms with Gasteiger partial charge in [-0.25, -0.2) is 9.89 Å². The van der Waals surface area contributed by atoms with Gasteiger partial charge in [0, 0.05) is 6.04 Å². The fourth-order valence-corrected chi connectivity index (χ4v) is 2.19. The van der Waals surface area contributed by atoms with Crippen molar-refractivity contribution in [1.29, 1.82) is 0 Å². The van der Waals surface area contributed by atoms with Crippen molar-refractivity contribution in [2.75, 3.05) is 5.32 Å². The molecule has 1 aliphatic carbocycles. The third kappa shape index (κ3) is 2.00. The lowest BCUT2D eigenvalue weighted by Gasteiger charge is -2.19. The molecule has 0 aromatic carbocycles. The molecule has 3 atom stereocenters. The van der Waals surface area contributed by atoms with E-state index in [1.54, 1.807) is 0 Å². The van der Waals surface area contributed by atoms with Gasteiger partial charge in [0.1, 0.15) is 0 Å². The monoisotopic (exact) mass is 224 g/mol. The smallest absolute Gasteiger partial charge is 0.342 e. The fourth-order valence-electron chi connectivity index (χ4n) is 2.19. The number of hydrogen-bond donors (Lipinski definition) is 3. The van der Waals surface area contributed by atoms with E-state index >= 15 is 0 Å². The zero-order valence-corrected chi connectivity index (χ0v) is 9.41. The molecule has 1 saturated carbocycles. The summed E-state index contributed by atoms with van der Waals surface area (Å²) in [6.07, 6.45) is 2.18. The standard InChI is InChI=1S/C10H16N4O2/c1-5-3-4-7(6(5)2)11-8-9(15)12-10(16)14-13-8/h5-7H,3-4H2,1-2H3,(H,11,13)(H2,12,14,15,16). The van der Waals surface area contributed by atoms with Gasteiger partial charge < -0.3 is 5.32 Å². The largest absolute Gasteiger partial charge is 0.361 e. The molecule has 1 aliphatic rings. The first-order chi connectivity index (χ1) is 7.58. The molecule has 1 aromatic heterocycles. The van der Waals surface area contributed by atoms with Gasteiger partial charge in [-0.15, -0.1) is 5.10 Å². The number of nitrogens with zero attached hydrogens (tertiary/aromatic N) is 1. The SMILES string of the molecule is CC1CCC(Nc2n[nH]c(=O)[nH]c2=O)C1C. The van der Waals surface area contributed by atoms with Gasteiger partial charge in [0.05, 0.1) is 0 Å². The van der Waals surface area contributed by atoms with Crippen LogP contribution in [0.25, 0.3) is 0 Å². The van der Waals surface area contributed by atoms with Gasteiger partial charge in [-0.2, -0.15) is 0 Å². The lowest BCUT2D eigenvalue weighted by molar-refractivity contribution is 0.434. The summed E-state index contributed by atoms with van der Waals surface area (Å²) in [7, 11) is 0. The van der Waals surface area contributed by atoms with Crippen molar-refractivity contribution in [1.82, 2.24) is 15.2 Å². The quantitative estimate of drug-likeness (QED) is 0.674. The van der Waals surface area contributed by atoms with Crippen molar-refractivity contribution < 1.29 is 0 Å². The number of hydrogen-bond acceptors (Lipinski definition) is 4. The maximum atomic E-state index is 11.4. The van der Waals surface area contributed by atoms with Crippen LogP contribution in [0.4, 0.5) is 5.82 Å². The first-order valence-corrected chi connectivity index (χ1v) is 5.53. The lowest BCUT2D eigenvalue weighted by atomic mass is 9.98. The van der Waals surface area contributed by atoms with Gasteiger partial charge in [-0.05, 0) is 24.7 Å². The van der Waals surface area contributed by atoms with Crippen molar-refractivity contribution in [3.8, 4) is 0 Å². The highest BCUT2D eigenvalue weighted by atomic mass is 16.2. The van der Waals surface area contributed by atoms with E-state index < -0.39 is 11.2 Å². The Hall–Kier alpha value is -1.59. The summed E-state index contributed by atoms with van der Waals surface area (Å²) in [5.41, 5.74) is -1.04. The maximum Gasteiger partial charge on any atom is 0.342 e. The minimum atomic E-state index is -0.580. The second-order valence-electron chi connectivity index (χ2n) is 4.52. The molecule has 3 unspecified atom stereocenters. The predicted octanol–water partition coefficient (Wildman–Crippen LogP) is 0.305. The van der Waals surface area contributed by atoms with Gasteiger partial charge >= 0.3 is 5.69 Å². The van der Waals surface area contributed by atoms with Crippen LogP contribution < -0.4 is 16.6 Å². The number of anilines is 1. The van der Waals surface area contributed by atoms with E-state index in [-0.39, 0.29) is 11.9 Å². The number of rotatable bonds is 2. The Kier molecular flexibility index (Phi) is 2.80. The molecule has 0 aliphatic heterocycles. The molecule has 3 N–H and O–H groups in total. The Morgan fingerprint density at radius 3 is 2.62 bits per heavy atom. The molecule has 6 nitrogen and oxygen atoms in total. The summed E-state index contributed by atoms with van der Waals surface area (Å²) >= 11 is 0. The number of aromatic nitrogens is 3. The van der Waals surface area contributed by atoms with Crippen molar-refractivity contribution in [2.24, 2.45) is 11.8 Å². The zero-order chi connectivity index (χ0) is 11.7. The van der Waals surface area contributed by atoms with E-state index in [9.17, 15) is 9.59 Å². The summed E-state index contributed by atoms with van der Waals surface area (Å²) in [5.74, 6) is 1.36. The minimum Gasteiger partial charge on any atom is -0.361 e. The molecule has 2 rings (SSSR count). The van der Waals surface area contributed by atoms with Crippen LogP contribution >= 0.6 is 0 Å². The molecule has 0 saturated heterocycles. The first kappa shape index (κ1) is 10.9. The Morgan fingerprint density at radius 1 is 1.31 bits per heavy atom. The van der Waals surface area contributed by atoms with Crippen LogP contribution in [0.3, 0.4) is 0 Å². The molecular formula is C10H16N4O2. The molecule has 1 fully saturated rings. The average Bonchev–Trinajstić information content (AvgIpc) is 2.54. The van der Waals surface area contributed by atoms with Crippen LogP contribution in [0.1, 0.15) is 26.7 Å². The third-order valence-corrected chi connectivity index (χ3v) is 3.50. The normalized spacial score (nSPS) is 29.2. The molecule has 0 bridgehead atoms. The van der Waals surface area contributed by atoms with Crippen molar-refractivity contribution in [3.05, 3.63) is 20.8 Å². The van der Waals surface area contributed by atoms with Gasteiger partial charge in [-0.1, -0.05) is 13.8 Å². The first-order valence-electron chi connectivity index (χ1n) is 5.53. The molecule has 0 amide bonds. The Labute approximate surface area is 92.5 Å². The minimum absolute atomic E-state index is 0.200. The topological polar surface area (TPSA) is 90.6 Å². The Bertz CT molecular complexity index is 478. The number of nitrogens with one attached hydrogen (secondary N) is 3. The fraction of sp³-hybridized carbons (Fsp3) is 0.700. The van der Waals surface area contributed by atoms with Crippen molar-refractivity contribution in [2.45, 2.75) is 32.7 Å².